The summed E-state index contributed by atoms with van der Waals surface area (Å²) in [6, 6.07) is 25.4. The van der Waals surface area contributed by atoms with Crippen LogP contribution in [0.15, 0.2) is 72.8 Å². The number of hydrogen-bond donors (Lipinski definition) is 0. The fourth-order valence-electron chi connectivity index (χ4n) is 3.87. The SMILES string of the molecule is CCCCOc1ccc(C(c2ccc(OCCCC)cc2)c2ccc(OCC3CO3)cc2)cc1. The molecule has 0 amide bonds. The summed E-state index contributed by atoms with van der Waals surface area (Å²) in [6.07, 6.45) is 4.65. The van der Waals surface area contributed by atoms with Crippen molar-refractivity contribution in [1.29, 1.82) is 0 Å². The smallest absolute Gasteiger partial charge is 0.119 e. The van der Waals surface area contributed by atoms with Gasteiger partial charge in [-0.1, -0.05) is 63.1 Å². The molecule has 1 fully saturated rings. The molecular formula is C30H36O4. The van der Waals surface area contributed by atoms with Crippen molar-refractivity contribution in [3.05, 3.63) is 89.5 Å². The van der Waals surface area contributed by atoms with Gasteiger partial charge in [-0.3, -0.25) is 0 Å². The van der Waals surface area contributed by atoms with Crippen LogP contribution >= 0.6 is 0 Å². The Hall–Kier alpha value is -2.98. The highest BCUT2D eigenvalue weighted by molar-refractivity contribution is 5.46. The number of rotatable bonds is 14. The Morgan fingerprint density at radius 2 is 1.03 bits per heavy atom. The number of epoxide rings is 1. The summed E-state index contributed by atoms with van der Waals surface area (Å²) in [6.45, 7) is 7.27. The molecule has 1 aliphatic heterocycles. The van der Waals surface area contributed by atoms with Crippen LogP contribution in [0.25, 0.3) is 0 Å². The Kier molecular flexibility index (Phi) is 8.86. The maximum absolute atomic E-state index is 5.88. The lowest BCUT2D eigenvalue weighted by Crippen LogP contribution is -2.06. The number of benzene rings is 3. The van der Waals surface area contributed by atoms with Gasteiger partial charge in [-0.05, 0) is 65.9 Å². The normalized spacial score (nSPS) is 14.7. The monoisotopic (exact) mass is 460 g/mol. The third kappa shape index (κ3) is 7.01. The molecule has 4 rings (SSSR count). The maximum Gasteiger partial charge on any atom is 0.119 e. The standard InChI is InChI=1S/C30H36O4/c1-3-5-19-31-26-13-7-23(8-14-26)30(24-9-15-27(16-10-24)32-20-6-4-2)25-11-17-28(18-12-25)33-21-29-22-34-29/h7-18,29-30H,3-6,19-22H2,1-2H3. The van der Waals surface area contributed by atoms with Gasteiger partial charge in [-0.2, -0.15) is 0 Å². The largest absolute Gasteiger partial charge is 0.494 e. The van der Waals surface area contributed by atoms with Crippen molar-refractivity contribution < 1.29 is 18.9 Å². The lowest BCUT2D eigenvalue weighted by molar-refractivity contribution is 0.263. The summed E-state index contributed by atoms with van der Waals surface area (Å²) in [5, 5.41) is 0. The molecule has 3 aromatic rings. The van der Waals surface area contributed by atoms with Gasteiger partial charge in [0.05, 0.1) is 19.8 Å². The fourth-order valence-corrected chi connectivity index (χ4v) is 3.87. The molecule has 0 saturated carbocycles. The Bertz CT molecular complexity index is 922. The van der Waals surface area contributed by atoms with E-state index in [0.717, 1.165) is 62.8 Å². The van der Waals surface area contributed by atoms with Gasteiger partial charge in [0.25, 0.3) is 0 Å². The van der Waals surface area contributed by atoms with Crippen LogP contribution in [-0.4, -0.2) is 32.5 Å². The average Bonchev–Trinajstić information content (AvgIpc) is 3.71. The van der Waals surface area contributed by atoms with Gasteiger partial charge in [-0.15, -0.1) is 0 Å². The summed E-state index contributed by atoms with van der Waals surface area (Å²) in [7, 11) is 0. The Morgan fingerprint density at radius 1 is 0.647 bits per heavy atom. The molecule has 0 bridgehead atoms. The minimum atomic E-state index is 0.107. The van der Waals surface area contributed by atoms with E-state index in [-0.39, 0.29) is 12.0 Å². The number of hydrogen-bond acceptors (Lipinski definition) is 4. The first kappa shape index (κ1) is 24.2. The quantitative estimate of drug-likeness (QED) is 0.147. The lowest BCUT2D eigenvalue weighted by Gasteiger charge is -2.20. The zero-order chi connectivity index (χ0) is 23.6. The van der Waals surface area contributed by atoms with Gasteiger partial charge in [0.2, 0.25) is 0 Å². The van der Waals surface area contributed by atoms with Gasteiger partial charge in [0.15, 0.2) is 0 Å². The molecule has 0 radical (unpaired) electrons. The second kappa shape index (κ2) is 12.5. The first-order chi connectivity index (χ1) is 16.8. The average molecular weight is 461 g/mol. The van der Waals surface area contributed by atoms with E-state index in [0.29, 0.717) is 6.61 Å². The predicted octanol–water partition coefficient (Wildman–Crippen LogP) is 7.00. The highest BCUT2D eigenvalue weighted by Crippen LogP contribution is 2.34. The van der Waals surface area contributed by atoms with Gasteiger partial charge in [0.1, 0.15) is 30.0 Å². The molecular weight excluding hydrogens is 424 g/mol. The molecule has 4 nitrogen and oxygen atoms in total. The molecule has 1 aliphatic rings. The highest BCUT2D eigenvalue weighted by Gasteiger charge is 2.23. The summed E-state index contributed by atoms with van der Waals surface area (Å²) in [5.74, 6) is 2.82. The molecule has 0 spiro atoms. The van der Waals surface area contributed by atoms with Gasteiger partial charge in [0, 0.05) is 5.92 Å². The maximum atomic E-state index is 5.88. The van der Waals surface area contributed by atoms with E-state index in [4.69, 9.17) is 18.9 Å². The van der Waals surface area contributed by atoms with Crippen LogP contribution in [-0.2, 0) is 4.74 Å². The van der Waals surface area contributed by atoms with E-state index in [1.54, 1.807) is 0 Å². The number of unbranched alkanes of at least 4 members (excludes halogenated alkanes) is 2. The van der Waals surface area contributed by atoms with Crippen LogP contribution in [0.5, 0.6) is 17.2 Å². The molecule has 3 aromatic carbocycles. The first-order valence-electron chi connectivity index (χ1n) is 12.6. The van der Waals surface area contributed by atoms with Crippen molar-refractivity contribution >= 4 is 0 Å². The third-order valence-corrected chi connectivity index (χ3v) is 6.01. The molecule has 0 aromatic heterocycles. The van der Waals surface area contributed by atoms with Crippen molar-refractivity contribution in [3.63, 3.8) is 0 Å². The fraction of sp³-hybridized carbons (Fsp3) is 0.400. The van der Waals surface area contributed by atoms with Crippen molar-refractivity contribution in [3.8, 4) is 17.2 Å². The summed E-state index contributed by atoms with van der Waals surface area (Å²) in [4.78, 5) is 0. The van der Waals surface area contributed by atoms with Crippen LogP contribution in [0, 0.1) is 0 Å². The van der Waals surface area contributed by atoms with E-state index < -0.39 is 0 Å². The van der Waals surface area contributed by atoms with Crippen LogP contribution in [0.2, 0.25) is 0 Å². The molecule has 0 N–H and O–H groups in total. The van der Waals surface area contributed by atoms with Crippen LogP contribution < -0.4 is 14.2 Å². The lowest BCUT2D eigenvalue weighted by atomic mass is 9.85. The topological polar surface area (TPSA) is 40.2 Å². The molecule has 180 valence electrons. The Balaban J connectivity index is 1.54. The predicted molar refractivity (Wildman–Crippen MR) is 136 cm³/mol. The van der Waals surface area contributed by atoms with Gasteiger partial charge < -0.3 is 18.9 Å². The Morgan fingerprint density at radius 3 is 1.38 bits per heavy atom. The van der Waals surface area contributed by atoms with Crippen LogP contribution in [0.3, 0.4) is 0 Å². The second-order valence-electron chi connectivity index (χ2n) is 8.81. The number of ether oxygens (including phenoxy) is 4. The minimum absolute atomic E-state index is 0.107. The zero-order valence-electron chi connectivity index (χ0n) is 20.4. The molecule has 1 unspecified atom stereocenters. The zero-order valence-corrected chi connectivity index (χ0v) is 20.4. The van der Waals surface area contributed by atoms with Crippen molar-refractivity contribution in [2.75, 3.05) is 26.4 Å². The van der Waals surface area contributed by atoms with E-state index >= 15 is 0 Å². The molecule has 1 saturated heterocycles. The molecule has 1 atom stereocenters. The van der Waals surface area contributed by atoms with Crippen LogP contribution in [0.4, 0.5) is 0 Å². The first-order valence-corrected chi connectivity index (χ1v) is 12.6. The van der Waals surface area contributed by atoms with Crippen molar-refractivity contribution in [2.45, 2.75) is 51.6 Å². The Labute approximate surface area is 203 Å². The van der Waals surface area contributed by atoms with Gasteiger partial charge >= 0.3 is 0 Å². The van der Waals surface area contributed by atoms with E-state index in [2.05, 4.69) is 86.6 Å². The van der Waals surface area contributed by atoms with Crippen molar-refractivity contribution in [2.24, 2.45) is 0 Å². The second-order valence-corrected chi connectivity index (χ2v) is 8.81. The summed E-state index contributed by atoms with van der Waals surface area (Å²) < 4.78 is 22.8. The molecule has 4 heteroatoms. The summed E-state index contributed by atoms with van der Waals surface area (Å²) in [5.41, 5.74) is 3.67. The minimum Gasteiger partial charge on any atom is -0.494 e. The molecule has 1 heterocycles. The highest BCUT2D eigenvalue weighted by atomic mass is 16.6. The molecule has 0 aliphatic carbocycles. The van der Waals surface area contributed by atoms with E-state index in [1.807, 2.05) is 0 Å². The van der Waals surface area contributed by atoms with E-state index in [9.17, 15) is 0 Å². The summed E-state index contributed by atoms with van der Waals surface area (Å²) >= 11 is 0. The van der Waals surface area contributed by atoms with Crippen LogP contribution in [0.1, 0.15) is 62.1 Å². The van der Waals surface area contributed by atoms with Crippen molar-refractivity contribution in [1.82, 2.24) is 0 Å². The molecule has 34 heavy (non-hydrogen) atoms. The third-order valence-electron chi connectivity index (χ3n) is 6.01. The van der Waals surface area contributed by atoms with E-state index in [1.165, 1.54) is 16.7 Å². The van der Waals surface area contributed by atoms with Gasteiger partial charge in [-0.25, -0.2) is 0 Å².